The third kappa shape index (κ3) is 3.95. The molecule has 0 aliphatic rings. The van der Waals surface area contributed by atoms with Gasteiger partial charge in [-0.1, -0.05) is 42.5 Å². The first-order valence-corrected chi connectivity index (χ1v) is 10.7. The second-order valence-corrected chi connectivity index (χ2v) is 8.34. The van der Waals surface area contributed by atoms with E-state index < -0.39 is 10.0 Å². The Kier molecular flexibility index (Phi) is 5.33. The summed E-state index contributed by atoms with van der Waals surface area (Å²) in [5, 5.41) is 6.59. The maximum Gasteiger partial charge on any atom is 0.265 e. The van der Waals surface area contributed by atoms with Gasteiger partial charge in [-0.25, -0.2) is 8.42 Å². The molecule has 0 amide bonds. The molecule has 1 heterocycles. The minimum absolute atomic E-state index is 0.00819. The van der Waals surface area contributed by atoms with Crippen LogP contribution in [-0.2, 0) is 16.6 Å². The van der Waals surface area contributed by atoms with Crippen LogP contribution in [0.25, 0.3) is 10.8 Å². The summed E-state index contributed by atoms with van der Waals surface area (Å²) < 4.78 is 40.4. The summed E-state index contributed by atoms with van der Waals surface area (Å²) in [7, 11) is -0.996. The van der Waals surface area contributed by atoms with Crippen LogP contribution in [0.2, 0.25) is 0 Å². The fourth-order valence-corrected chi connectivity index (χ4v) is 4.52. The summed E-state index contributed by atoms with van der Waals surface area (Å²) in [6.07, 6.45) is 3.14. The fourth-order valence-electron chi connectivity index (χ4n) is 3.31. The monoisotopic (exact) mass is 423 g/mol. The lowest BCUT2D eigenvalue weighted by Gasteiger charge is -2.12. The van der Waals surface area contributed by atoms with Crippen molar-refractivity contribution in [1.82, 2.24) is 9.78 Å². The molecule has 1 N–H and O–H groups in total. The van der Waals surface area contributed by atoms with Gasteiger partial charge in [-0.2, -0.15) is 5.10 Å². The third-order valence-electron chi connectivity index (χ3n) is 4.76. The summed E-state index contributed by atoms with van der Waals surface area (Å²) in [5.41, 5.74) is 1.46. The highest BCUT2D eigenvalue weighted by molar-refractivity contribution is 7.92. The Labute approximate surface area is 174 Å². The predicted molar refractivity (Wildman–Crippen MR) is 116 cm³/mol. The Morgan fingerprint density at radius 1 is 1.00 bits per heavy atom. The molecule has 0 saturated heterocycles. The van der Waals surface area contributed by atoms with Crippen LogP contribution >= 0.6 is 0 Å². The lowest BCUT2D eigenvalue weighted by atomic mass is 10.0. The molecule has 0 saturated carbocycles. The fraction of sp³-hybridized carbons (Fsp3) is 0.136. The van der Waals surface area contributed by atoms with Gasteiger partial charge >= 0.3 is 0 Å². The Morgan fingerprint density at radius 2 is 1.80 bits per heavy atom. The molecule has 0 atom stereocenters. The first-order chi connectivity index (χ1) is 14.5. The number of nitrogens with zero attached hydrogens (tertiary/aromatic N) is 2. The standard InChI is InChI=1S/C22H21N3O4S/c1-28-19-10-11-21(29-2)22(12-19)30(26,27)24-18-13-23-25(15-18)14-17-8-5-7-16-6-3-4-9-20(16)17/h3-13,15,24H,14H2,1-2H3. The number of nitrogens with one attached hydrogen (secondary N) is 1. The normalized spacial score (nSPS) is 11.4. The number of ether oxygens (including phenoxy) is 2. The lowest BCUT2D eigenvalue weighted by Crippen LogP contribution is -2.14. The van der Waals surface area contributed by atoms with Gasteiger partial charge in [0.25, 0.3) is 10.0 Å². The summed E-state index contributed by atoms with van der Waals surface area (Å²) in [6.45, 7) is 0.519. The molecule has 0 radical (unpaired) electrons. The summed E-state index contributed by atoms with van der Waals surface area (Å²) >= 11 is 0. The molecule has 30 heavy (non-hydrogen) atoms. The van der Waals surface area contributed by atoms with E-state index in [4.69, 9.17) is 9.47 Å². The molecule has 1 aromatic heterocycles. The van der Waals surface area contributed by atoms with Crippen molar-refractivity contribution in [2.75, 3.05) is 18.9 Å². The van der Waals surface area contributed by atoms with E-state index in [2.05, 4.69) is 28.0 Å². The average molecular weight is 423 g/mol. The second kappa shape index (κ2) is 8.08. The largest absolute Gasteiger partial charge is 0.497 e. The molecule has 7 nitrogen and oxygen atoms in total. The Morgan fingerprint density at radius 3 is 2.60 bits per heavy atom. The van der Waals surface area contributed by atoms with Crippen LogP contribution < -0.4 is 14.2 Å². The van der Waals surface area contributed by atoms with Crippen molar-refractivity contribution in [3.05, 3.63) is 78.6 Å². The minimum atomic E-state index is -3.89. The molecule has 4 aromatic rings. The highest BCUT2D eigenvalue weighted by Crippen LogP contribution is 2.29. The van der Waals surface area contributed by atoms with Crippen molar-refractivity contribution < 1.29 is 17.9 Å². The summed E-state index contributed by atoms with van der Waals surface area (Å²) in [6, 6.07) is 18.8. The van der Waals surface area contributed by atoms with Crippen molar-refractivity contribution >= 4 is 26.5 Å². The van der Waals surface area contributed by atoms with Gasteiger partial charge in [0.15, 0.2) is 0 Å². The maximum atomic E-state index is 12.9. The topological polar surface area (TPSA) is 82.4 Å². The average Bonchev–Trinajstić information content (AvgIpc) is 3.19. The van der Waals surface area contributed by atoms with Gasteiger partial charge in [-0.15, -0.1) is 0 Å². The number of methoxy groups -OCH3 is 2. The Hall–Kier alpha value is -3.52. The van der Waals surface area contributed by atoms with Gasteiger partial charge in [0.1, 0.15) is 16.4 Å². The van der Waals surface area contributed by atoms with Crippen LogP contribution in [0.5, 0.6) is 11.5 Å². The van der Waals surface area contributed by atoms with E-state index in [-0.39, 0.29) is 10.6 Å². The van der Waals surface area contributed by atoms with E-state index in [0.717, 1.165) is 16.3 Å². The quantitative estimate of drug-likeness (QED) is 0.487. The van der Waals surface area contributed by atoms with Gasteiger partial charge in [0.05, 0.1) is 32.6 Å². The van der Waals surface area contributed by atoms with Crippen LogP contribution in [0, 0.1) is 0 Å². The number of rotatable bonds is 7. The number of hydrogen-bond donors (Lipinski definition) is 1. The third-order valence-corrected chi connectivity index (χ3v) is 6.16. The zero-order valence-corrected chi connectivity index (χ0v) is 17.4. The van der Waals surface area contributed by atoms with Gasteiger partial charge in [-0.3, -0.25) is 9.40 Å². The molecule has 0 aliphatic heterocycles. The zero-order valence-electron chi connectivity index (χ0n) is 16.6. The SMILES string of the molecule is COc1ccc(OC)c(S(=O)(=O)Nc2cnn(Cc3cccc4ccccc34)c2)c1. The first kappa shape index (κ1) is 19.8. The van der Waals surface area contributed by atoms with Crippen molar-refractivity contribution in [2.45, 2.75) is 11.4 Å². The number of hydrogen-bond acceptors (Lipinski definition) is 5. The smallest absolute Gasteiger partial charge is 0.265 e. The highest BCUT2D eigenvalue weighted by Gasteiger charge is 2.21. The van der Waals surface area contributed by atoms with Crippen molar-refractivity contribution in [3.8, 4) is 11.5 Å². The number of sulfonamides is 1. The van der Waals surface area contributed by atoms with Gasteiger partial charge < -0.3 is 9.47 Å². The second-order valence-electron chi connectivity index (χ2n) is 6.69. The van der Waals surface area contributed by atoms with E-state index in [9.17, 15) is 8.42 Å². The summed E-state index contributed by atoms with van der Waals surface area (Å²) in [5.74, 6) is 0.647. The molecule has 0 unspecified atom stereocenters. The van der Waals surface area contributed by atoms with E-state index in [0.29, 0.717) is 18.0 Å². The van der Waals surface area contributed by atoms with E-state index >= 15 is 0 Å². The minimum Gasteiger partial charge on any atom is -0.497 e. The van der Waals surface area contributed by atoms with Crippen molar-refractivity contribution in [2.24, 2.45) is 0 Å². The molecule has 4 rings (SSSR count). The summed E-state index contributed by atoms with van der Waals surface area (Å²) in [4.78, 5) is -0.00819. The zero-order chi connectivity index (χ0) is 21.1. The Balaban J connectivity index is 1.59. The Bertz CT molecular complexity index is 1290. The predicted octanol–water partition coefficient (Wildman–Crippen LogP) is 3.90. The number of fused-ring (bicyclic) bond motifs is 1. The van der Waals surface area contributed by atoms with E-state index in [1.54, 1.807) is 23.0 Å². The molecule has 0 aliphatic carbocycles. The van der Waals surface area contributed by atoms with Crippen LogP contribution in [0.15, 0.2) is 78.0 Å². The first-order valence-electron chi connectivity index (χ1n) is 9.24. The molecular formula is C22H21N3O4S. The lowest BCUT2D eigenvalue weighted by molar-refractivity contribution is 0.392. The number of benzene rings is 3. The number of aromatic nitrogens is 2. The van der Waals surface area contributed by atoms with Crippen LogP contribution in [0.1, 0.15) is 5.56 Å². The maximum absolute atomic E-state index is 12.9. The van der Waals surface area contributed by atoms with E-state index in [1.807, 2.05) is 24.3 Å². The molecule has 0 fully saturated rings. The van der Waals surface area contributed by atoms with Crippen LogP contribution in [0.3, 0.4) is 0 Å². The molecule has 0 bridgehead atoms. The van der Waals surface area contributed by atoms with E-state index in [1.165, 1.54) is 26.5 Å². The number of anilines is 1. The molecule has 0 spiro atoms. The van der Waals surface area contributed by atoms with Crippen molar-refractivity contribution in [1.29, 1.82) is 0 Å². The van der Waals surface area contributed by atoms with Gasteiger partial charge in [0.2, 0.25) is 0 Å². The molecule has 3 aromatic carbocycles. The molecule has 8 heteroatoms. The van der Waals surface area contributed by atoms with Crippen molar-refractivity contribution in [3.63, 3.8) is 0 Å². The van der Waals surface area contributed by atoms with Crippen LogP contribution in [-0.4, -0.2) is 32.4 Å². The molecular weight excluding hydrogens is 402 g/mol. The van der Waals surface area contributed by atoms with Gasteiger partial charge in [-0.05, 0) is 28.5 Å². The van der Waals surface area contributed by atoms with Crippen LogP contribution in [0.4, 0.5) is 5.69 Å². The van der Waals surface area contributed by atoms with Gasteiger partial charge in [0, 0.05) is 12.3 Å². The highest BCUT2D eigenvalue weighted by atomic mass is 32.2. The molecule has 154 valence electrons.